The first kappa shape index (κ1) is 27.2. The summed E-state index contributed by atoms with van der Waals surface area (Å²) in [6, 6.07) is 37.0. The number of carbonyl (C=O) groups excluding carboxylic acids is 2. The van der Waals surface area contributed by atoms with Gasteiger partial charge in [0.25, 0.3) is 0 Å². The molecule has 0 radical (unpaired) electrons. The fourth-order valence-electron chi connectivity index (χ4n) is 5.42. The van der Waals surface area contributed by atoms with Gasteiger partial charge in [0.2, 0.25) is 17.8 Å². The first-order valence-corrected chi connectivity index (χ1v) is 14.2. The van der Waals surface area contributed by atoms with E-state index < -0.39 is 6.04 Å². The number of rotatable bonds is 7. The van der Waals surface area contributed by atoms with Crippen molar-refractivity contribution in [3.05, 3.63) is 126 Å². The molecule has 8 heteroatoms. The lowest BCUT2D eigenvalue weighted by Crippen LogP contribution is -2.56. The molecule has 2 heterocycles. The maximum atomic E-state index is 13.1. The van der Waals surface area contributed by atoms with Crippen LogP contribution < -0.4 is 15.4 Å². The minimum atomic E-state index is -0.798. The molecule has 42 heavy (non-hydrogen) atoms. The Morgan fingerprint density at radius 3 is 1.90 bits per heavy atom. The Balaban J connectivity index is 1.09. The smallest absolute Gasteiger partial charge is 0.249 e. The molecule has 1 atom stereocenters. The van der Waals surface area contributed by atoms with Crippen molar-refractivity contribution in [1.82, 2.24) is 15.1 Å². The van der Waals surface area contributed by atoms with Gasteiger partial charge >= 0.3 is 0 Å². The second kappa shape index (κ2) is 12.7. The average Bonchev–Trinajstić information content (AvgIpc) is 3.04. The summed E-state index contributed by atoms with van der Waals surface area (Å²) < 4.78 is 5.83. The van der Waals surface area contributed by atoms with E-state index in [1.165, 1.54) is 11.1 Å². The molecule has 0 spiro atoms. The van der Waals surface area contributed by atoms with Crippen LogP contribution in [0.2, 0.25) is 0 Å². The highest BCUT2D eigenvalue weighted by Gasteiger charge is 2.32. The van der Waals surface area contributed by atoms with E-state index in [1.807, 2.05) is 42.5 Å². The van der Waals surface area contributed by atoms with Crippen LogP contribution in [0, 0.1) is 0 Å². The lowest BCUT2D eigenvalue weighted by atomic mass is 9.96. The molecule has 2 aliphatic rings. The SMILES string of the molecule is O=C1CC(C(=O)Nc2ccc(Oc3ccccc3)cc2)N=C(N2CCN(C(c3ccccc3)c3ccccc3)CC2)N1. The number of guanidine groups is 1. The minimum absolute atomic E-state index is 0.00852. The van der Waals surface area contributed by atoms with Gasteiger partial charge in [0.05, 0.1) is 12.5 Å². The van der Waals surface area contributed by atoms with E-state index >= 15 is 0 Å². The maximum absolute atomic E-state index is 13.1. The zero-order valence-electron chi connectivity index (χ0n) is 23.2. The molecule has 4 aromatic rings. The third kappa shape index (κ3) is 6.50. The molecule has 2 aliphatic heterocycles. The van der Waals surface area contributed by atoms with Gasteiger partial charge in [-0.05, 0) is 47.5 Å². The molecule has 2 amide bonds. The summed E-state index contributed by atoms with van der Waals surface area (Å²) in [7, 11) is 0. The van der Waals surface area contributed by atoms with Crippen LogP contribution in [0.5, 0.6) is 11.5 Å². The van der Waals surface area contributed by atoms with Crippen LogP contribution >= 0.6 is 0 Å². The zero-order chi connectivity index (χ0) is 28.7. The quantitative estimate of drug-likeness (QED) is 0.330. The molecular formula is C34H33N5O3. The van der Waals surface area contributed by atoms with Crippen LogP contribution in [0.3, 0.4) is 0 Å². The van der Waals surface area contributed by atoms with Crippen LogP contribution in [0.15, 0.2) is 120 Å². The van der Waals surface area contributed by atoms with E-state index in [0.717, 1.165) is 18.8 Å². The van der Waals surface area contributed by atoms with Gasteiger partial charge < -0.3 is 15.0 Å². The number of piperazine rings is 1. The van der Waals surface area contributed by atoms with Crippen molar-refractivity contribution in [2.45, 2.75) is 18.5 Å². The second-order valence-corrected chi connectivity index (χ2v) is 10.4. The van der Waals surface area contributed by atoms with E-state index in [2.05, 4.69) is 74.0 Å². The number of amides is 2. The predicted octanol–water partition coefficient (Wildman–Crippen LogP) is 5.07. The van der Waals surface area contributed by atoms with Gasteiger partial charge in [0, 0.05) is 31.9 Å². The summed E-state index contributed by atoms with van der Waals surface area (Å²) in [5.74, 6) is 1.35. The maximum Gasteiger partial charge on any atom is 0.249 e. The van der Waals surface area contributed by atoms with Crippen molar-refractivity contribution >= 4 is 23.5 Å². The Morgan fingerprint density at radius 2 is 1.31 bits per heavy atom. The summed E-state index contributed by atoms with van der Waals surface area (Å²) in [6.45, 7) is 2.95. The number of nitrogens with one attached hydrogen (secondary N) is 2. The third-order valence-corrected chi connectivity index (χ3v) is 7.52. The Morgan fingerprint density at radius 1 is 0.762 bits per heavy atom. The predicted molar refractivity (Wildman–Crippen MR) is 163 cm³/mol. The summed E-state index contributed by atoms with van der Waals surface area (Å²) in [4.78, 5) is 34.9. The second-order valence-electron chi connectivity index (χ2n) is 10.4. The van der Waals surface area contributed by atoms with E-state index in [9.17, 15) is 9.59 Å². The number of hydrogen-bond donors (Lipinski definition) is 2. The average molecular weight is 560 g/mol. The largest absolute Gasteiger partial charge is 0.457 e. The molecule has 1 unspecified atom stereocenters. The number of anilines is 1. The van der Waals surface area contributed by atoms with Crippen molar-refractivity contribution in [1.29, 1.82) is 0 Å². The molecule has 0 aliphatic carbocycles. The van der Waals surface area contributed by atoms with Crippen molar-refractivity contribution in [2.75, 3.05) is 31.5 Å². The molecule has 0 bridgehead atoms. The molecule has 0 saturated carbocycles. The highest BCUT2D eigenvalue weighted by molar-refractivity contribution is 6.06. The van der Waals surface area contributed by atoms with Gasteiger partial charge in [-0.1, -0.05) is 78.9 Å². The highest BCUT2D eigenvalue weighted by Crippen LogP contribution is 2.30. The molecule has 6 rings (SSSR count). The summed E-state index contributed by atoms with van der Waals surface area (Å²) in [5.41, 5.74) is 3.11. The Labute approximate surface area is 245 Å². The Kier molecular flexibility index (Phi) is 8.23. The number of benzene rings is 4. The van der Waals surface area contributed by atoms with Crippen molar-refractivity contribution < 1.29 is 14.3 Å². The van der Waals surface area contributed by atoms with E-state index in [1.54, 1.807) is 24.3 Å². The van der Waals surface area contributed by atoms with Crippen LogP contribution in [0.1, 0.15) is 23.6 Å². The van der Waals surface area contributed by atoms with E-state index in [-0.39, 0.29) is 24.3 Å². The summed E-state index contributed by atoms with van der Waals surface area (Å²) >= 11 is 0. The first-order valence-electron chi connectivity index (χ1n) is 14.2. The molecule has 1 fully saturated rings. The topological polar surface area (TPSA) is 86.3 Å². The summed E-state index contributed by atoms with van der Waals surface area (Å²) in [5, 5.41) is 5.79. The van der Waals surface area contributed by atoms with E-state index in [0.29, 0.717) is 30.5 Å². The number of carbonyl (C=O) groups is 2. The standard InChI is InChI=1S/C34H33N5O3/c40-31-24-30(33(41)35-27-16-18-29(19-17-27)42-28-14-8-3-9-15-28)36-34(37-31)39-22-20-38(21-23-39)32(25-10-4-1-5-11-25)26-12-6-2-7-13-26/h1-19,30,32H,20-24H2,(H,35,41)(H,36,37,40). The van der Waals surface area contributed by atoms with Gasteiger partial charge in [-0.3, -0.25) is 19.8 Å². The fourth-order valence-corrected chi connectivity index (χ4v) is 5.42. The molecular weight excluding hydrogens is 526 g/mol. The molecule has 1 saturated heterocycles. The van der Waals surface area contributed by atoms with Crippen LogP contribution in [0.25, 0.3) is 0 Å². The van der Waals surface area contributed by atoms with Gasteiger partial charge in [-0.2, -0.15) is 0 Å². The number of aliphatic imine (C=N–C) groups is 1. The van der Waals surface area contributed by atoms with Gasteiger partial charge in [-0.15, -0.1) is 0 Å². The van der Waals surface area contributed by atoms with Crippen LogP contribution in [0.4, 0.5) is 5.69 Å². The van der Waals surface area contributed by atoms with Crippen molar-refractivity contribution in [3.8, 4) is 11.5 Å². The number of hydrogen-bond acceptors (Lipinski definition) is 6. The van der Waals surface area contributed by atoms with Crippen LogP contribution in [-0.4, -0.2) is 59.8 Å². The van der Waals surface area contributed by atoms with E-state index in [4.69, 9.17) is 4.74 Å². The molecule has 4 aromatic carbocycles. The zero-order valence-corrected chi connectivity index (χ0v) is 23.2. The highest BCUT2D eigenvalue weighted by atomic mass is 16.5. The van der Waals surface area contributed by atoms with Crippen LogP contribution in [-0.2, 0) is 9.59 Å². The minimum Gasteiger partial charge on any atom is -0.457 e. The molecule has 2 N–H and O–H groups in total. The van der Waals surface area contributed by atoms with Gasteiger partial charge in [-0.25, -0.2) is 4.99 Å². The molecule has 212 valence electrons. The van der Waals surface area contributed by atoms with Crippen molar-refractivity contribution in [3.63, 3.8) is 0 Å². The number of para-hydroxylation sites is 1. The summed E-state index contributed by atoms with van der Waals surface area (Å²) in [6.07, 6.45) is 0.00852. The number of ether oxygens (including phenoxy) is 1. The monoisotopic (exact) mass is 559 g/mol. The van der Waals surface area contributed by atoms with Crippen molar-refractivity contribution in [2.24, 2.45) is 4.99 Å². The lowest BCUT2D eigenvalue weighted by Gasteiger charge is -2.41. The van der Waals surface area contributed by atoms with Gasteiger partial charge in [0.15, 0.2) is 0 Å². The fraction of sp³-hybridized carbons (Fsp3) is 0.206. The Hall–Kier alpha value is -4.95. The number of nitrogens with zero attached hydrogens (tertiary/aromatic N) is 3. The lowest BCUT2D eigenvalue weighted by molar-refractivity contribution is -0.125. The van der Waals surface area contributed by atoms with Gasteiger partial charge in [0.1, 0.15) is 17.5 Å². The Bertz CT molecular complexity index is 1480. The molecule has 8 nitrogen and oxygen atoms in total. The third-order valence-electron chi connectivity index (χ3n) is 7.52. The normalized spacial score (nSPS) is 17.4. The molecule has 0 aromatic heterocycles. The first-order chi connectivity index (χ1) is 20.6.